The first-order valence-electron chi connectivity index (χ1n) is 4.53. The lowest BCUT2D eigenvalue weighted by molar-refractivity contribution is 1.04. The predicted molar refractivity (Wildman–Crippen MR) is 53.7 cm³/mol. The van der Waals surface area contributed by atoms with Gasteiger partial charge in [0.25, 0.3) is 0 Å². The van der Waals surface area contributed by atoms with E-state index < -0.39 is 0 Å². The molecule has 0 heteroatoms. The molecule has 0 bridgehead atoms. The molecule has 0 fully saturated rings. The lowest BCUT2D eigenvalue weighted by Crippen LogP contribution is -1.67. The van der Waals surface area contributed by atoms with Crippen LogP contribution < -0.4 is 0 Å². The Balaban J connectivity index is 2.41. The summed E-state index contributed by atoms with van der Waals surface area (Å²) in [5.74, 6) is 0. The molecule has 12 heavy (non-hydrogen) atoms. The average Bonchev–Trinajstić information content (AvgIpc) is 2.05. The Morgan fingerprint density at radius 1 is 0.750 bits per heavy atom. The van der Waals surface area contributed by atoms with Crippen molar-refractivity contribution in [2.75, 3.05) is 0 Å². The minimum Gasteiger partial charge on any atom is -0.0879 e. The van der Waals surface area contributed by atoms with Gasteiger partial charge in [-0.05, 0) is 31.8 Å². The van der Waals surface area contributed by atoms with Gasteiger partial charge in [-0.15, -0.1) is 0 Å². The lowest BCUT2D eigenvalue weighted by Gasteiger charge is -1.87. The fraction of sp³-hybridized carbons (Fsp3) is 0.333. The third kappa shape index (κ3) is 4.73. The standard InChI is InChI=1S/C12H15/c1-2-4-6-8-10-12-11-9-7-5-3-1/h1-2,5-7,10,12H,3-4,9,11H2/b2-1-,7-5+,8-6?,12-10+. The van der Waals surface area contributed by atoms with Gasteiger partial charge >= 0.3 is 0 Å². The molecular formula is C12H15. The minimum absolute atomic E-state index is 0.998. The molecule has 0 N–H and O–H groups in total. The summed E-state index contributed by atoms with van der Waals surface area (Å²) in [5, 5.41) is 0. The third-order valence-electron chi connectivity index (χ3n) is 1.69. The van der Waals surface area contributed by atoms with Crippen LogP contribution in [0.15, 0.2) is 42.5 Å². The molecule has 0 spiro atoms. The molecule has 1 radical (unpaired) electrons. The fourth-order valence-corrected chi connectivity index (χ4v) is 1.03. The van der Waals surface area contributed by atoms with E-state index in [1.54, 1.807) is 0 Å². The molecule has 0 nitrogen and oxygen atoms in total. The van der Waals surface area contributed by atoms with E-state index in [1.165, 1.54) is 0 Å². The maximum atomic E-state index is 3.12. The average molecular weight is 159 g/mol. The van der Waals surface area contributed by atoms with Crippen molar-refractivity contribution >= 4 is 0 Å². The second-order valence-electron chi connectivity index (χ2n) is 2.76. The number of allylic oxidation sites excluding steroid dienone is 8. The van der Waals surface area contributed by atoms with Gasteiger partial charge in [0.1, 0.15) is 0 Å². The Morgan fingerprint density at radius 3 is 2.50 bits per heavy atom. The molecule has 63 valence electrons. The zero-order valence-corrected chi connectivity index (χ0v) is 7.37. The van der Waals surface area contributed by atoms with Crippen LogP contribution in [0.25, 0.3) is 0 Å². The van der Waals surface area contributed by atoms with Crippen molar-refractivity contribution in [3.05, 3.63) is 48.6 Å². The number of rotatable bonds is 0. The van der Waals surface area contributed by atoms with Crippen LogP contribution >= 0.6 is 0 Å². The van der Waals surface area contributed by atoms with Gasteiger partial charge in [-0.3, -0.25) is 0 Å². The van der Waals surface area contributed by atoms with Gasteiger partial charge < -0.3 is 0 Å². The zero-order chi connectivity index (χ0) is 8.49. The third-order valence-corrected chi connectivity index (χ3v) is 1.69. The maximum absolute atomic E-state index is 3.12. The van der Waals surface area contributed by atoms with Crippen LogP contribution in [0, 0.1) is 6.08 Å². The van der Waals surface area contributed by atoms with Gasteiger partial charge in [-0.2, -0.15) is 0 Å². The van der Waals surface area contributed by atoms with Crippen LogP contribution in [0.1, 0.15) is 25.7 Å². The van der Waals surface area contributed by atoms with Crippen LogP contribution in [-0.4, -0.2) is 0 Å². The van der Waals surface area contributed by atoms with Crippen molar-refractivity contribution in [2.45, 2.75) is 25.7 Å². The van der Waals surface area contributed by atoms with Crippen LogP contribution in [0.3, 0.4) is 0 Å². The van der Waals surface area contributed by atoms with Crippen LogP contribution in [0.4, 0.5) is 0 Å². The topological polar surface area (TPSA) is 0 Å². The van der Waals surface area contributed by atoms with Crippen molar-refractivity contribution < 1.29 is 0 Å². The van der Waals surface area contributed by atoms with Crippen molar-refractivity contribution in [2.24, 2.45) is 0 Å². The van der Waals surface area contributed by atoms with Crippen LogP contribution in [0.2, 0.25) is 0 Å². The highest BCUT2D eigenvalue weighted by Gasteiger charge is 1.78. The van der Waals surface area contributed by atoms with Gasteiger partial charge in [-0.25, -0.2) is 0 Å². The molecule has 1 aliphatic rings. The lowest BCUT2D eigenvalue weighted by atomic mass is 10.2. The molecular weight excluding hydrogens is 144 g/mol. The Labute approximate surface area is 75.0 Å². The smallest absolute Gasteiger partial charge is 0.0160 e. The largest absolute Gasteiger partial charge is 0.0879 e. The Bertz CT molecular complexity index is 204. The van der Waals surface area contributed by atoms with E-state index in [4.69, 9.17) is 0 Å². The van der Waals surface area contributed by atoms with E-state index >= 15 is 0 Å². The van der Waals surface area contributed by atoms with Gasteiger partial charge in [-0.1, -0.05) is 42.5 Å². The molecule has 1 aliphatic carbocycles. The normalized spacial score (nSPS) is 29.3. The van der Waals surface area contributed by atoms with Gasteiger partial charge in [0, 0.05) is 0 Å². The maximum Gasteiger partial charge on any atom is -0.0160 e. The summed E-state index contributed by atoms with van der Waals surface area (Å²) in [6.45, 7) is 0. The highest BCUT2D eigenvalue weighted by molar-refractivity contribution is 5.02. The minimum atomic E-state index is 0.998. The molecule has 0 aromatic carbocycles. The quantitative estimate of drug-likeness (QED) is 0.474. The molecule has 0 aliphatic heterocycles. The molecule has 0 unspecified atom stereocenters. The summed E-state index contributed by atoms with van der Waals surface area (Å²) in [4.78, 5) is 0. The van der Waals surface area contributed by atoms with Gasteiger partial charge in [0.15, 0.2) is 0 Å². The molecule has 0 saturated heterocycles. The van der Waals surface area contributed by atoms with Gasteiger partial charge in [0.2, 0.25) is 0 Å². The predicted octanol–water partition coefficient (Wildman–Crippen LogP) is 3.59. The van der Waals surface area contributed by atoms with Gasteiger partial charge in [0.05, 0.1) is 0 Å². The van der Waals surface area contributed by atoms with E-state index in [2.05, 4.69) is 42.5 Å². The second kappa shape index (κ2) is 6.66. The highest BCUT2D eigenvalue weighted by atomic mass is 13.8. The summed E-state index contributed by atoms with van der Waals surface area (Å²) in [7, 11) is 0. The van der Waals surface area contributed by atoms with E-state index in [1.807, 2.05) is 6.08 Å². The summed E-state index contributed by atoms with van der Waals surface area (Å²) in [6.07, 6.45) is 22.5. The summed E-state index contributed by atoms with van der Waals surface area (Å²) in [6, 6.07) is 0. The molecule has 0 heterocycles. The fourth-order valence-electron chi connectivity index (χ4n) is 1.03. The number of hydrogen-bond acceptors (Lipinski definition) is 0. The summed E-state index contributed by atoms with van der Waals surface area (Å²) < 4.78 is 0. The van der Waals surface area contributed by atoms with E-state index in [9.17, 15) is 0 Å². The molecule has 0 amide bonds. The Hall–Kier alpha value is -1.04. The molecule has 0 atom stereocenters. The van der Waals surface area contributed by atoms with Crippen molar-refractivity contribution in [3.8, 4) is 0 Å². The molecule has 0 aromatic heterocycles. The zero-order valence-electron chi connectivity index (χ0n) is 7.37. The summed E-state index contributed by atoms with van der Waals surface area (Å²) in [5.41, 5.74) is 0. The summed E-state index contributed by atoms with van der Waals surface area (Å²) >= 11 is 0. The van der Waals surface area contributed by atoms with Crippen LogP contribution in [-0.2, 0) is 0 Å². The monoisotopic (exact) mass is 159 g/mol. The first-order chi connectivity index (χ1) is 6.00. The van der Waals surface area contributed by atoms with E-state index in [0.29, 0.717) is 0 Å². The molecule has 0 aromatic rings. The van der Waals surface area contributed by atoms with Crippen molar-refractivity contribution in [1.82, 2.24) is 0 Å². The highest BCUT2D eigenvalue weighted by Crippen LogP contribution is 1.98. The Morgan fingerprint density at radius 2 is 1.50 bits per heavy atom. The first kappa shape index (κ1) is 9.05. The molecule has 0 saturated carbocycles. The SMILES string of the molecule is [C]1=C\C/C=C\C/C=C/CC/C=C/1. The van der Waals surface area contributed by atoms with Crippen molar-refractivity contribution in [1.29, 1.82) is 0 Å². The Kier molecular flexibility index (Phi) is 5.02. The second-order valence-corrected chi connectivity index (χ2v) is 2.76. The van der Waals surface area contributed by atoms with E-state index in [0.717, 1.165) is 25.7 Å². The van der Waals surface area contributed by atoms with Crippen molar-refractivity contribution in [3.63, 3.8) is 0 Å². The van der Waals surface area contributed by atoms with E-state index in [-0.39, 0.29) is 0 Å². The molecule has 1 rings (SSSR count). The first-order valence-corrected chi connectivity index (χ1v) is 4.53. The number of hydrogen-bond donors (Lipinski definition) is 0. The van der Waals surface area contributed by atoms with Crippen LogP contribution in [0.5, 0.6) is 0 Å².